The molecular weight excluding hydrogens is 269 g/mol. The summed E-state index contributed by atoms with van der Waals surface area (Å²) in [5.74, 6) is -0.158. The topological polar surface area (TPSA) is 43.1 Å². The molecule has 18 heavy (non-hydrogen) atoms. The molecule has 0 bridgehead atoms. The summed E-state index contributed by atoms with van der Waals surface area (Å²) in [4.78, 5) is 12.3. The molecule has 0 fully saturated rings. The van der Waals surface area contributed by atoms with Crippen molar-refractivity contribution in [1.29, 1.82) is 0 Å². The van der Waals surface area contributed by atoms with Crippen LogP contribution in [0.5, 0.6) is 0 Å². The highest BCUT2D eigenvalue weighted by molar-refractivity contribution is 6.42. The van der Waals surface area contributed by atoms with E-state index in [4.69, 9.17) is 28.9 Å². The standard InChI is InChI=1S/C14H11Cl2NO/c1-8-3-2-4-10(13(8)17)14(18)9-5-6-11(15)12(16)7-9/h2-7H,17H2,1H3. The van der Waals surface area contributed by atoms with Crippen LogP contribution in [0, 0.1) is 6.92 Å². The fourth-order valence-electron chi connectivity index (χ4n) is 1.67. The zero-order chi connectivity index (χ0) is 13.3. The molecule has 2 nitrogen and oxygen atoms in total. The van der Waals surface area contributed by atoms with Gasteiger partial charge in [0.05, 0.1) is 10.0 Å². The normalized spacial score (nSPS) is 10.4. The Morgan fingerprint density at radius 3 is 2.50 bits per heavy atom. The lowest BCUT2D eigenvalue weighted by Gasteiger charge is -2.08. The SMILES string of the molecule is Cc1cccc(C(=O)c2ccc(Cl)c(Cl)c2)c1N. The summed E-state index contributed by atoms with van der Waals surface area (Å²) in [6.07, 6.45) is 0. The van der Waals surface area contributed by atoms with Crippen LogP contribution in [0.1, 0.15) is 21.5 Å². The Morgan fingerprint density at radius 1 is 1.11 bits per heavy atom. The number of aryl methyl sites for hydroxylation is 1. The maximum atomic E-state index is 12.3. The molecule has 0 radical (unpaired) electrons. The highest BCUT2D eigenvalue weighted by Crippen LogP contribution is 2.26. The molecule has 0 saturated heterocycles. The summed E-state index contributed by atoms with van der Waals surface area (Å²) in [7, 11) is 0. The van der Waals surface area contributed by atoms with Gasteiger partial charge in [0.2, 0.25) is 0 Å². The van der Waals surface area contributed by atoms with Gasteiger partial charge in [0.1, 0.15) is 0 Å². The zero-order valence-corrected chi connectivity index (χ0v) is 11.2. The summed E-state index contributed by atoms with van der Waals surface area (Å²) >= 11 is 11.7. The molecule has 4 heteroatoms. The third-order valence-electron chi connectivity index (χ3n) is 2.75. The number of anilines is 1. The minimum atomic E-state index is -0.158. The molecule has 0 aliphatic carbocycles. The number of rotatable bonds is 2. The Bertz CT molecular complexity index is 623. The molecule has 0 unspecified atom stereocenters. The van der Waals surface area contributed by atoms with Crippen LogP contribution in [0.25, 0.3) is 0 Å². The van der Waals surface area contributed by atoms with Gasteiger partial charge in [0.25, 0.3) is 0 Å². The molecule has 0 aliphatic rings. The van der Waals surface area contributed by atoms with Gasteiger partial charge in [-0.3, -0.25) is 4.79 Å². The van der Waals surface area contributed by atoms with Crippen molar-refractivity contribution in [2.75, 3.05) is 5.73 Å². The van der Waals surface area contributed by atoms with Crippen LogP contribution in [0.3, 0.4) is 0 Å². The largest absolute Gasteiger partial charge is 0.398 e. The van der Waals surface area contributed by atoms with Gasteiger partial charge in [0, 0.05) is 16.8 Å². The third kappa shape index (κ3) is 2.35. The van der Waals surface area contributed by atoms with Crippen molar-refractivity contribution in [1.82, 2.24) is 0 Å². The number of ketones is 1. The van der Waals surface area contributed by atoms with E-state index in [1.807, 2.05) is 13.0 Å². The van der Waals surface area contributed by atoms with Crippen LogP contribution in [0.4, 0.5) is 5.69 Å². The number of hydrogen-bond donors (Lipinski definition) is 1. The average molecular weight is 280 g/mol. The van der Waals surface area contributed by atoms with Crippen LogP contribution >= 0.6 is 23.2 Å². The van der Waals surface area contributed by atoms with E-state index in [9.17, 15) is 4.79 Å². The number of halogens is 2. The van der Waals surface area contributed by atoms with Crippen LogP contribution in [-0.4, -0.2) is 5.78 Å². The van der Waals surface area contributed by atoms with Crippen LogP contribution in [-0.2, 0) is 0 Å². The third-order valence-corrected chi connectivity index (χ3v) is 3.49. The number of carbonyl (C=O) groups excluding carboxylic acids is 1. The lowest BCUT2D eigenvalue weighted by atomic mass is 9.99. The molecule has 0 heterocycles. The summed E-state index contributed by atoms with van der Waals surface area (Å²) in [5, 5.41) is 0.777. The Kier molecular flexibility index (Phi) is 3.60. The van der Waals surface area contributed by atoms with Gasteiger partial charge in [-0.05, 0) is 36.8 Å². The first-order valence-corrected chi connectivity index (χ1v) is 6.11. The molecule has 0 saturated carbocycles. The first-order chi connectivity index (χ1) is 8.50. The summed E-state index contributed by atoms with van der Waals surface area (Å²) in [6, 6.07) is 10.2. The first kappa shape index (κ1) is 12.9. The Labute approximate surface area is 115 Å². The van der Waals surface area contributed by atoms with E-state index >= 15 is 0 Å². The molecule has 92 valence electrons. The summed E-state index contributed by atoms with van der Waals surface area (Å²) < 4.78 is 0. The molecule has 0 amide bonds. The van der Waals surface area contributed by atoms with Crippen molar-refractivity contribution in [2.45, 2.75) is 6.92 Å². The minimum absolute atomic E-state index is 0.158. The van der Waals surface area contributed by atoms with Crippen LogP contribution in [0.2, 0.25) is 10.0 Å². The molecule has 2 rings (SSSR count). The molecule has 2 aromatic rings. The van der Waals surface area contributed by atoms with Gasteiger partial charge < -0.3 is 5.73 Å². The number of para-hydroxylation sites is 1. The summed E-state index contributed by atoms with van der Waals surface area (Å²) in [5.41, 5.74) is 8.23. The maximum absolute atomic E-state index is 12.3. The van der Waals surface area contributed by atoms with Crippen LogP contribution in [0.15, 0.2) is 36.4 Å². The van der Waals surface area contributed by atoms with E-state index in [0.717, 1.165) is 5.56 Å². The van der Waals surface area contributed by atoms with Gasteiger partial charge >= 0.3 is 0 Å². The van der Waals surface area contributed by atoms with Gasteiger partial charge in [-0.1, -0.05) is 35.3 Å². The minimum Gasteiger partial charge on any atom is -0.398 e. The van der Waals surface area contributed by atoms with Gasteiger partial charge in [-0.15, -0.1) is 0 Å². The van der Waals surface area contributed by atoms with E-state index in [0.29, 0.717) is 26.9 Å². The zero-order valence-electron chi connectivity index (χ0n) is 9.71. The Hall–Kier alpha value is -1.51. The molecule has 0 spiro atoms. The van der Waals surface area contributed by atoms with Crippen molar-refractivity contribution < 1.29 is 4.79 Å². The average Bonchev–Trinajstić information content (AvgIpc) is 2.35. The highest BCUT2D eigenvalue weighted by Gasteiger charge is 2.14. The lowest BCUT2D eigenvalue weighted by molar-refractivity contribution is 0.103. The molecule has 0 atom stereocenters. The van der Waals surface area contributed by atoms with E-state index in [1.165, 1.54) is 0 Å². The molecule has 0 aromatic heterocycles. The number of carbonyl (C=O) groups is 1. The van der Waals surface area contributed by atoms with Crippen molar-refractivity contribution in [3.05, 3.63) is 63.1 Å². The lowest BCUT2D eigenvalue weighted by Crippen LogP contribution is -2.06. The first-order valence-electron chi connectivity index (χ1n) is 5.35. The van der Waals surface area contributed by atoms with Crippen LogP contribution < -0.4 is 5.73 Å². The smallest absolute Gasteiger partial charge is 0.195 e. The number of benzene rings is 2. The number of hydrogen-bond acceptors (Lipinski definition) is 2. The van der Waals surface area contributed by atoms with E-state index in [1.54, 1.807) is 30.3 Å². The fourth-order valence-corrected chi connectivity index (χ4v) is 1.97. The van der Waals surface area contributed by atoms with E-state index in [2.05, 4.69) is 0 Å². The van der Waals surface area contributed by atoms with Gasteiger partial charge in [0.15, 0.2) is 5.78 Å². The fraction of sp³-hybridized carbons (Fsp3) is 0.0714. The van der Waals surface area contributed by atoms with Crippen molar-refractivity contribution in [3.8, 4) is 0 Å². The van der Waals surface area contributed by atoms with Gasteiger partial charge in [-0.25, -0.2) is 0 Å². The molecule has 0 aliphatic heterocycles. The van der Waals surface area contributed by atoms with E-state index in [-0.39, 0.29) is 5.78 Å². The molecule has 2 N–H and O–H groups in total. The van der Waals surface area contributed by atoms with Gasteiger partial charge in [-0.2, -0.15) is 0 Å². The second-order valence-corrected chi connectivity index (χ2v) is 4.81. The van der Waals surface area contributed by atoms with Crippen molar-refractivity contribution in [3.63, 3.8) is 0 Å². The Morgan fingerprint density at radius 2 is 1.83 bits per heavy atom. The molecule has 2 aromatic carbocycles. The second-order valence-electron chi connectivity index (χ2n) is 3.99. The van der Waals surface area contributed by atoms with Crippen molar-refractivity contribution in [2.24, 2.45) is 0 Å². The highest BCUT2D eigenvalue weighted by atomic mass is 35.5. The predicted octanol–water partition coefficient (Wildman–Crippen LogP) is 4.12. The Balaban J connectivity index is 2.48. The quantitative estimate of drug-likeness (QED) is 0.664. The molecular formula is C14H11Cl2NO. The monoisotopic (exact) mass is 279 g/mol. The van der Waals surface area contributed by atoms with Crippen molar-refractivity contribution >= 4 is 34.7 Å². The summed E-state index contributed by atoms with van der Waals surface area (Å²) in [6.45, 7) is 1.86. The second kappa shape index (κ2) is 5.01. The number of nitrogen functional groups attached to an aromatic ring is 1. The van der Waals surface area contributed by atoms with E-state index < -0.39 is 0 Å². The number of nitrogens with two attached hydrogens (primary N) is 1. The predicted molar refractivity (Wildman–Crippen MR) is 75.5 cm³/mol. The maximum Gasteiger partial charge on any atom is 0.195 e.